The van der Waals surface area contributed by atoms with E-state index in [1.165, 1.54) is 4.90 Å². The van der Waals surface area contributed by atoms with E-state index in [2.05, 4.69) is 0 Å². The first kappa shape index (κ1) is 10.9. The first-order valence-corrected chi connectivity index (χ1v) is 5.14. The molecule has 1 aromatic carbocycles. The monoisotopic (exact) mass is 221 g/mol. The molecule has 1 saturated heterocycles. The molecule has 2 amide bonds. The number of nitrogens with two attached hydrogens (primary N) is 2. The van der Waals surface area contributed by atoms with Crippen molar-refractivity contribution < 1.29 is 9.53 Å². The number of urea groups is 1. The minimum absolute atomic E-state index is 0.284. The Balaban J connectivity index is 2.22. The maximum atomic E-state index is 11.1. The lowest BCUT2D eigenvalue weighted by Crippen LogP contribution is -2.57. The molecule has 0 aromatic heterocycles. The average molecular weight is 221 g/mol. The van der Waals surface area contributed by atoms with Gasteiger partial charge in [-0.25, -0.2) is 4.79 Å². The minimum atomic E-state index is -0.950. The number of morpholine rings is 1. The van der Waals surface area contributed by atoms with Crippen LogP contribution in [0.15, 0.2) is 30.3 Å². The third-order valence-electron chi connectivity index (χ3n) is 2.72. The maximum Gasteiger partial charge on any atom is 0.315 e. The Kier molecular flexibility index (Phi) is 2.80. The average Bonchev–Trinajstić information content (AvgIpc) is 2.30. The van der Waals surface area contributed by atoms with Crippen LogP contribution in [0.4, 0.5) is 4.79 Å². The van der Waals surface area contributed by atoms with E-state index < -0.39 is 11.8 Å². The summed E-state index contributed by atoms with van der Waals surface area (Å²) in [7, 11) is 0. The second kappa shape index (κ2) is 4.11. The zero-order chi connectivity index (χ0) is 11.6. The Morgan fingerprint density at radius 2 is 2.06 bits per heavy atom. The van der Waals surface area contributed by atoms with E-state index >= 15 is 0 Å². The third-order valence-corrected chi connectivity index (χ3v) is 2.72. The summed E-state index contributed by atoms with van der Waals surface area (Å²) < 4.78 is 5.56. The van der Waals surface area contributed by atoms with Crippen molar-refractivity contribution in [3.63, 3.8) is 0 Å². The molecule has 2 rings (SSSR count). The predicted molar refractivity (Wildman–Crippen MR) is 59.4 cm³/mol. The number of primary amides is 1. The first-order chi connectivity index (χ1) is 7.62. The summed E-state index contributed by atoms with van der Waals surface area (Å²) in [5.41, 5.74) is 11.3. The van der Waals surface area contributed by atoms with E-state index in [9.17, 15) is 4.79 Å². The van der Waals surface area contributed by atoms with Crippen molar-refractivity contribution in [2.24, 2.45) is 11.5 Å². The van der Waals surface area contributed by atoms with Gasteiger partial charge in [0.25, 0.3) is 0 Å². The number of benzene rings is 1. The van der Waals surface area contributed by atoms with E-state index in [0.717, 1.165) is 5.56 Å². The second-order valence-corrected chi connectivity index (χ2v) is 3.86. The number of ether oxygens (including phenoxy) is 1. The lowest BCUT2D eigenvalue weighted by Gasteiger charge is -2.39. The molecule has 5 nitrogen and oxygen atoms in total. The van der Waals surface area contributed by atoms with Crippen LogP contribution < -0.4 is 11.5 Å². The van der Waals surface area contributed by atoms with E-state index in [-0.39, 0.29) is 6.54 Å². The number of hydrogen-bond acceptors (Lipinski definition) is 3. The Morgan fingerprint density at radius 1 is 1.38 bits per heavy atom. The van der Waals surface area contributed by atoms with Crippen LogP contribution in [0.5, 0.6) is 0 Å². The van der Waals surface area contributed by atoms with Crippen molar-refractivity contribution in [2.75, 3.05) is 19.7 Å². The van der Waals surface area contributed by atoms with E-state index in [1.807, 2.05) is 30.3 Å². The van der Waals surface area contributed by atoms with Crippen LogP contribution in [0.2, 0.25) is 0 Å². The topological polar surface area (TPSA) is 81.6 Å². The standard InChI is InChI=1S/C11H15N3O2/c12-10(15)14-6-7-16-11(13,8-14)9-4-2-1-3-5-9/h1-5H,6-8,13H2,(H2,12,15). The highest BCUT2D eigenvalue weighted by Crippen LogP contribution is 2.23. The van der Waals surface area contributed by atoms with Gasteiger partial charge < -0.3 is 15.4 Å². The summed E-state index contributed by atoms with van der Waals surface area (Å²) >= 11 is 0. The smallest absolute Gasteiger partial charge is 0.315 e. The number of amides is 2. The molecule has 1 aliphatic heterocycles. The molecule has 4 N–H and O–H groups in total. The van der Waals surface area contributed by atoms with Gasteiger partial charge in [0.1, 0.15) is 0 Å². The van der Waals surface area contributed by atoms with Gasteiger partial charge in [0, 0.05) is 12.1 Å². The van der Waals surface area contributed by atoms with Crippen molar-refractivity contribution in [3.8, 4) is 0 Å². The van der Waals surface area contributed by atoms with Gasteiger partial charge in [-0.05, 0) is 0 Å². The largest absolute Gasteiger partial charge is 0.353 e. The molecular formula is C11H15N3O2. The van der Waals surface area contributed by atoms with Gasteiger partial charge in [0.05, 0.1) is 13.2 Å². The Labute approximate surface area is 94.0 Å². The lowest BCUT2D eigenvalue weighted by atomic mass is 10.0. The van der Waals surface area contributed by atoms with Gasteiger partial charge in [0.15, 0.2) is 5.72 Å². The first-order valence-electron chi connectivity index (χ1n) is 5.14. The van der Waals surface area contributed by atoms with Crippen molar-refractivity contribution in [1.82, 2.24) is 4.90 Å². The van der Waals surface area contributed by atoms with Crippen molar-refractivity contribution >= 4 is 6.03 Å². The lowest BCUT2D eigenvalue weighted by molar-refractivity contribution is -0.0984. The van der Waals surface area contributed by atoms with Crippen LogP contribution in [0.25, 0.3) is 0 Å². The molecule has 5 heteroatoms. The molecule has 0 bridgehead atoms. The highest BCUT2D eigenvalue weighted by Gasteiger charge is 2.35. The second-order valence-electron chi connectivity index (χ2n) is 3.86. The number of hydrogen-bond donors (Lipinski definition) is 2. The molecule has 1 unspecified atom stereocenters. The summed E-state index contributed by atoms with van der Waals surface area (Å²) in [6.45, 7) is 1.17. The molecule has 1 aliphatic rings. The molecule has 0 spiro atoms. The normalized spacial score (nSPS) is 25.4. The molecule has 0 aliphatic carbocycles. The Bertz CT molecular complexity index is 382. The van der Waals surface area contributed by atoms with E-state index in [4.69, 9.17) is 16.2 Å². The summed E-state index contributed by atoms with van der Waals surface area (Å²) in [4.78, 5) is 12.6. The summed E-state index contributed by atoms with van der Waals surface area (Å²) in [6.07, 6.45) is 0. The third kappa shape index (κ3) is 2.00. The van der Waals surface area contributed by atoms with Crippen LogP contribution in [-0.4, -0.2) is 30.6 Å². The van der Waals surface area contributed by atoms with Crippen molar-refractivity contribution in [3.05, 3.63) is 35.9 Å². The number of nitrogens with zero attached hydrogens (tertiary/aromatic N) is 1. The fraction of sp³-hybridized carbons (Fsp3) is 0.364. The molecule has 1 atom stereocenters. The molecule has 1 aromatic rings. The molecule has 1 fully saturated rings. The Morgan fingerprint density at radius 3 is 2.69 bits per heavy atom. The predicted octanol–water partition coefficient (Wildman–Crippen LogP) is 0.209. The summed E-state index contributed by atoms with van der Waals surface area (Å²) in [5.74, 6) is 0. The molecule has 0 radical (unpaired) electrons. The van der Waals surface area contributed by atoms with Crippen LogP contribution in [0, 0.1) is 0 Å². The SMILES string of the molecule is NC(=O)N1CCOC(N)(c2ccccc2)C1. The minimum Gasteiger partial charge on any atom is -0.353 e. The zero-order valence-electron chi connectivity index (χ0n) is 8.93. The fourth-order valence-corrected chi connectivity index (χ4v) is 1.83. The molecule has 0 saturated carbocycles. The van der Waals surface area contributed by atoms with Gasteiger partial charge in [-0.2, -0.15) is 0 Å². The summed E-state index contributed by atoms with van der Waals surface area (Å²) in [6, 6.07) is 8.97. The number of carbonyl (C=O) groups is 1. The molecular weight excluding hydrogens is 206 g/mol. The zero-order valence-corrected chi connectivity index (χ0v) is 8.93. The van der Waals surface area contributed by atoms with Crippen molar-refractivity contribution in [2.45, 2.75) is 5.72 Å². The van der Waals surface area contributed by atoms with Crippen LogP contribution >= 0.6 is 0 Å². The quantitative estimate of drug-likeness (QED) is 0.711. The molecule has 1 heterocycles. The van der Waals surface area contributed by atoms with Crippen LogP contribution in [0.3, 0.4) is 0 Å². The van der Waals surface area contributed by atoms with E-state index in [0.29, 0.717) is 13.2 Å². The highest BCUT2D eigenvalue weighted by atomic mass is 16.5. The maximum absolute atomic E-state index is 11.1. The van der Waals surface area contributed by atoms with Crippen LogP contribution in [-0.2, 0) is 10.5 Å². The van der Waals surface area contributed by atoms with Crippen LogP contribution in [0.1, 0.15) is 5.56 Å². The molecule has 86 valence electrons. The van der Waals surface area contributed by atoms with Gasteiger partial charge in [-0.15, -0.1) is 0 Å². The fourth-order valence-electron chi connectivity index (χ4n) is 1.83. The van der Waals surface area contributed by atoms with Gasteiger partial charge in [-0.3, -0.25) is 5.73 Å². The van der Waals surface area contributed by atoms with E-state index in [1.54, 1.807) is 0 Å². The molecule has 16 heavy (non-hydrogen) atoms. The summed E-state index contributed by atoms with van der Waals surface area (Å²) in [5, 5.41) is 0. The van der Waals surface area contributed by atoms with Gasteiger partial charge >= 0.3 is 6.03 Å². The highest BCUT2D eigenvalue weighted by molar-refractivity contribution is 5.72. The Hall–Kier alpha value is -1.59. The van der Waals surface area contributed by atoms with Crippen molar-refractivity contribution in [1.29, 1.82) is 0 Å². The van der Waals surface area contributed by atoms with Gasteiger partial charge in [0.2, 0.25) is 0 Å². The van der Waals surface area contributed by atoms with Gasteiger partial charge in [-0.1, -0.05) is 30.3 Å². The number of carbonyl (C=O) groups excluding carboxylic acids is 1. The number of rotatable bonds is 1.